The molecule has 0 N–H and O–H groups in total. The van der Waals surface area contributed by atoms with E-state index in [1.807, 2.05) is 23.5 Å². The molecule has 0 aliphatic heterocycles. The fraction of sp³-hybridized carbons (Fsp3) is 0.571. The van der Waals surface area contributed by atoms with Crippen LogP contribution in [0, 0.1) is 0 Å². The van der Waals surface area contributed by atoms with Crippen molar-refractivity contribution in [2.24, 2.45) is 0 Å². The Morgan fingerprint density at radius 3 is 2.70 bits per heavy atom. The summed E-state index contributed by atoms with van der Waals surface area (Å²) in [6.45, 7) is 4.43. The normalized spacial score (nSPS) is 11.9. The van der Waals surface area contributed by atoms with Gasteiger partial charge in [-0.3, -0.25) is 4.98 Å². The summed E-state index contributed by atoms with van der Waals surface area (Å²) in [5.41, 5.74) is 1.88. The molecule has 0 aromatic carbocycles. The van der Waals surface area contributed by atoms with Crippen molar-refractivity contribution < 1.29 is 0 Å². The number of rotatable bonds is 2. The first-order valence-electron chi connectivity index (χ1n) is 3.11. The molecule has 0 amide bonds. The Balaban J connectivity index is 2.85. The van der Waals surface area contributed by atoms with Crippen LogP contribution >= 0.6 is 23.1 Å². The van der Waals surface area contributed by atoms with E-state index in [1.54, 1.807) is 11.3 Å². The Labute approximate surface area is 69.9 Å². The van der Waals surface area contributed by atoms with Gasteiger partial charge in [0.15, 0.2) is 0 Å². The highest BCUT2D eigenvalue weighted by atomic mass is 32.2. The lowest BCUT2D eigenvalue weighted by Crippen LogP contribution is -2.08. The maximum absolute atomic E-state index is 4.04. The fourth-order valence-electron chi connectivity index (χ4n) is 0.614. The molecule has 1 nitrogen and oxygen atoms in total. The van der Waals surface area contributed by atoms with Gasteiger partial charge in [0.05, 0.1) is 5.51 Å². The summed E-state index contributed by atoms with van der Waals surface area (Å²) in [4.78, 5) is 5.39. The first-order chi connectivity index (χ1) is 4.67. The molecule has 0 aliphatic rings. The van der Waals surface area contributed by atoms with Gasteiger partial charge in [0, 0.05) is 15.8 Å². The van der Waals surface area contributed by atoms with Crippen molar-refractivity contribution in [2.45, 2.75) is 18.6 Å². The first-order valence-corrected chi connectivity index (χ1v) is 5.21. The number of thioether (sulfide) groups is 1. The van der Waals surface area contributed by atoms with Crippen LogP contribution in [0.5, 0.6) is 0 Å². The summed E-state index contributed by atoms with van der Waals surface area (Å²) in [5, 5.41) is 0. The van der Waals surface area contributed by atoms with Gasteiger partial charge in [0.2, 0.25) is 0 Å². The average Bonchev–Trinajstić information content (AvgIpc) is 2.38. The highest BCUT2D eigenvalue weighted by Crippen LogP contribution is 2.35. The molecule has 0 spiro atoms. The van der Waals surface area contributed by atoms with E-state index in [0.717, 1.165) is 0 Å². The van der Waals surface area contributed by atoms with Gasteiger partial charge in [-0.05, 0) is 20.1 Å². The third-order valence-electron chi connectivity index (χ3n) is 1.54. The summed E-state index contributed by atoms with van der Waals surface area (Å²) in [7, 11) is 0. The highest BCUT2D eigenvalue weighted by molar-refractivity contribution is 7.99. The Kier molecular flexibility index (Phi) is 2.36. The highest BCUT2D eigenvalue weighted by Gasteiger charge is 2.19. The van der Waals surface area contributed by atoms with E-state index in [0.29, 0.717) is 0 Å². The molecule has 1 heterocycles. The molecule has 56 valence electrons. The topological polar surface area (TPSA) is 12.9 Å². The molecule has 1 rings (SSSR count). The first kappa shape index (κ1) is 8.08. The molecule has 1 aromatic heterocycles. The number of nitrogens with zero attached hydrogens (tertiary/aromatic N) is 1. The predicted molar refractivity (Wildman–Crippen MR) is 48.7 cm³/mol. The van der Waals surface area contributed by atoms with Crippen molar-refractivity contribution in [2.75, 3.05) is 6.26 Å². The van der Waals surface area contributed by atoms with Crippen LogP contribution in [-0.2, 0) is 4.75 Å². The minimum atomic E-state index is 0.237. The van der Waals surface area contributed by atoms with Crippen molar-refractivity contribution in [3.05, 3.63) is 16.6 Å². The van der Waals surface area contributed by atoms with Crippen LogP contribution in [0.25, 0.3) is 0 Å². The maximum atomic E-state index is 4.04. The standard InChI is InChI=1S/C7H11NS2/c1-7(2,9-3)6-4-8-5-10-6/h4-5H,1-3H3. The molecule has 0 atom stereocenters. The fourth-order valence-corrected chi connectivity index (χ4v) is 1.90. The third kappa shape index (κ3) is 1.52. The molecule has 0 fully saturated rings. The zero-order valence-electron chi connectivity index (χ0n) is 6.42. The van der Waals surface area contributed by atoms with E-state index >= 15 is 0 Å². The zero-order chi connectivity index (χ0) is 7.61. The number of thiazole rings is 1. The molecule has 0 aliphatic carbocycles. The van der Waals surface area contributed by atoms with Crippen molar-refractivity contribution >= 4 is 23.1 Å². The quantitative estimate of drug-likeness (QED) is 0.682. The molecular weight excluding hydrogens is 162 g/mol. The molecule has 3 heteroatoms. The SMILES string of the molecule is CSC(C)(C)c1cncs1. The lowest BCUT2D eigenvalue weighted by molar-refractivity contribution is 0.802. The van der Waals surface area contributed by atoms with Crippen LogP contribution < -0.4 is 0 Å². The Hall–Kier alpha value is -0.0200. The van der Waals surface area contributed by atoms with Crippen LogP contribution in [0.3, 0.4) is 0 Å². The van der Waals surface area contributed by atoms with Crippen LogP contribution in [0.4, 0.5) is 0 Å². The van der Waals surface area contributed by atoms with Gasteiger partial charge in [0.1, 0.15) is 0 Å². The molecular formula is C7H11NS2. The summed E-state index contributed by atoms with van der Waals surface area (Å²) in [5.74, 6) is 0. The molecule has 1 aromatic rings. The van der Waals surface area contributed by atoms with Crippen LogP contribution in [0.15, 0.2) is 11.7 Å². The Bertz CT molecular complexity index is 191. The minimum Gasteiger partial charge on any atom is -0.253 e. The van der Waals surface area contributed by atoms with Crippen LogP contribution in [0.2, 0.25) is 0 Å². The number of aromatic nitrogens is 1. The van der Waals surface area contributed by atoms with E-state index in [9.17, 15) is 0 Å². The van der Waals surface area contributed by atoms with Gasteiger partial charge < -0.3 is 0 Å². The summed E-state index contributed by atoms with van der Waals surface area (Å²) in [6.07, 6.45) is 4.07. The van der Waals surface area contributed by atoms with E-state index < -0.39 is 0 Å². The van der Waals surface area contributed by atoms with Gasteiger partial charge >= 0.3 is 0 Å². The second-order valence-electron chi connectivity index (χ2n) is 2.58. The van der Waals surface area contributed by atoms with E-state index in [4.69, 9.17) is 0 Å². The smallest absolute Gasteiger partial charge is 0.0794 e. The minimum absolute atomic E-state index is 0.237. The van der Waals surface area contributed by atoms with E-state index in [1.165, 1.54) is 4.88 Å². The van der Waals surface area contributed by atoms with Crippen molar-refractivity contribution in [3.63, 3.8) is 0 Å². The van der Waals surface area contributed by atoms with Gasteiger partial charge in [-0.15, -0.1) is 11.3 Å². The average molecular weight is 173 g/mol. The molecule has 0 saturated carbocycles. The summed E-state index contributed by atoms with van der Waals surface area (Å²) < 4.78 is 0.237. The van der Waals surface area contributed by atoms with Gasteiger partial charge in [-0.1, -0.05) is 0 Å². The van der Waals surface area contributed by atoms with Crippen LogP contribution in [0.1, 0.15) is 18.7 Å². The van der Waals surface area contributed by atoms with Gasteiger partial charge in [-0.2, -0.15) is 11.8 Å². The second-order valence-corrected chi connectivity index (χ2v) is 4.90. The Morgan fingerprint density at radius 1 is 1.60 bits per heavy atom. The van der Waals surface area contributed by atoms with Gasteiger partial charge in [0.25, 0.3) is 0 Å². The lowest BCUT2D eigenvalue weighted by atomic mass is 10.2. The second kappa shape index (κ2) is 2.93. The monoisotopic (exact) mass is 173 g/mol. The largest absolute Gasteiger partial charge is 0.253 e. The predicted octanol–water partition coefficient (Wildman–Crippen LogP) is 2.74. The van der Waals surface area contributed by atoms with E-state index in [-0.39, 0.29) is 4.75 Å². The van der Waals surface area contributed by atoms with Crippen LogP contribution in [-0.4, -0.2) is 11.2 Å². The zero-order valence-corrected chi connectivity index (χ0v) is 8.05. The molecule has 0 radical (unpaired) electrons. The van der Waals surface area contributed by atoms with Crippen molar-refractivity contribution in [1.29, 1.82) is 0 Å². The van der Waals surface area contributed by atoms with Crippen molar-refractivity contribution in [3.8, 4) is 0 Å². The Morgan fingerprint density at radius 2 is 2.30 bits per heavy atom. The molecule has 0 bridgehead atoms. The molecule has 0 unspecified atom stereocenters. The number of hydrogen-bond donors (Lipinski definition) is 0. The number of hydrogen-bond acceptors (Lipinski definition) is 3. The van der Waals surface area contributed by atoms with Crippen molar-refractivity contribution in [1.82, 2.24) is 4.98 Å². The maximum Gasteiger partial charge on any atom is 0.0794 e. The third-order valence-corrected chi connectivity index (χ3v) is 4.00. The van der Waals surface area contributed by atoms with E-state index in [2.05, 4.69) is 25.1 Å². The lowest BCUT2D eigenvalue weighted by Gasteiger charge is -2.18. The summed E-state index contributed by atoms with van der Waals surface area (Å²) in [6, 6.07) is 0. The summed E-state index contributed by atoms with van der Waals surface area (Å²) >= 11 is 3.58. The molecule has 0 saturated heterocycles. The molecule has 10 heavy (non-hydrogen) atoms. The van der Waals surface area contributed by atoms with Gasteiger partial charge in [-0.25, -0.2) is 0 Å².